The summed E-state index contributed by atoms with van der Waals surface area (Å²) in [5, 5.41) is 4.73. The summed E-state index contributed by atoms with van der Waals surface area (Å²) in [5.74, 6) is 0.912. The quantitative estimate of drug-likeness (QED) is 0.715. The lowest BCUT2D eigenvalue weighted by Crippen LogP contribution is -2.00. The van der Waals surface area contributed by atoms with Crippen LogP contribution in [0.15, 0.2) is 48.5 Å². The molecule has 1 N–H and O–H groups in total. The summed E-state index contributed by atoms with van der Waals surface area (Å²) in [6.45, 7) is 6.45. The van der Waals surface area contributed by atoms with E-state index in [0.29, 0.717) is 0 Å². The molecule has 0 unspecified atom stereocenters. The Bertz CT molecular complexity index is 791. The van der Waals surface area contributed by atoms with Crippen molar-refractivity contribution in [2.24, 2.45) is 0 Å². The molecule has 0 aliphatic heterocycles. The van der Waals surface area contributed by atoms with Crippen LogP contribution in [0.2, 0.25) is 0 Å². The van der Waals surface area contributed by atoms with Gasteiger partial charge in [0, 0.05) is 11.1 Å². The van der Waals surface area contributed by atoms with Crippen molar-refractivity contribution in [1.82, 2.24) is 4.98 Å². The molecule has 2 heteroatoms. The lowest BCUT2D eigenvalue weighted by molar-refractivity contribution is 1.13. The minimum atomic E-state index is 0.912. The lowest BCUT2D eigenvalue weighted by atomic mass is 10.1. The van der Waals surface area contributed by atoms with E-state index in [9.17, 15) is 0 Å². The first-order chi connectivity index (χ1) is 10.2. The molecule has 0 amide bonds. The molecule has 0 fully saturated rings. The molecule has 0 atom stereocenters. The number of fused-ring (bicyclic) bond motifs is 1. The van der Waals surface area contributed by atoms with Crippen LogP contribution in [-0.4, -0.2) is 4.98 Å². The number of pyridine rings is 1. The molecule has 3 aromatic rings. The zero-order valence-corrected chi connectivity index (χ0v) is 12.8. The lowest BCUT2D eigenvalue weighted by Gasteiger charge is -2.14. The van der Waals surface area contributed by atoms with E-state index >= 15 is 0 Å². The van der Waals surface area contributed by atoms with Crippen LogP contribution in [0.4, 0.5) is 11.5 Å². The van der Waals surface area contributed by atoms with Gasteiger partial charge < -0.3 is 5.32 Å². The predicted molar refractivity (Wildman–Crippen MR) is 90.3 cm³/mol. The van der Waals surface area contributed by atoms with Crippen molar-refractivity contribution in [2.45, 2.75) is 27.2 Å². The minimum Gasteiger partial charge on any atom is -0.340 e. The van der Waals surface area contributed by atoms with Gasteiger partial charge in [0.25, 0.3) is 0 Å². The SMILES string of the molecule is CCc1cccc(C)c1Nc1cc(C)c2ccccc2n1. The fourth-order valence-corrected chi connectivity index (χ4v) is 2.74. The maximum Gasteiger partial charge on any atom is 0.131 e. The molecule has 2 nitrogen and oxygen atoms in total. The first kappa shape index (κ1) is 13.6. The fourth-order valence-electron chi connectivity index (χ4n) is 2.74. The highest BCUT2D eigenvalue weighted by Gasteiger charge is 2.07. The van der Waals surface area contributed by atoms with Crippen molar-refractivity contribution in [2.75, 3.05) is 5.32 Å². The molecule has 1 heterocycles. The Labute approximate surface area is 125 Å². The van der Waals surface area contributed by atoms with Gasteiger partial charge in [-0.1, -0.05) is 43.3 Å². The van der Waals surface area contributed by atoms with Gasteiger partial charge in [-0.15, -0.1) is 0 Å². The van der Waals surface area contributed by atoms with Crippen LogP contribution >= 0.6 is 0 Å². The van der Waals surface area contributed by atoms with Gasteiger partial charge in [-0.2, -0.15) is 0 Å². The second-order valence-electron chi connectivity index (χ2n) is 5.43. The van der Waals surface area contributed by atoms with E-state index in [-0.39, 0.29) is 0 Å². The number of rotatable bonds is 3. The molecule has 0 spiro atoms. The molecule has 0 aliphatic rings. The molecular formula is C19H20N2. The van der Waals surface area contributed by atoms with Crippen LogP contribution < -0.4 is 5.32 Å². The largest absolute Gasteiger partial charge is 0.340 e. The summed E-state index contributed by atoms with van der Waals surface area (Å²) < 4.78 is 0. The van der Waals surface area contributed by atoms with Gasteiger partial charge in [-0.3, -0.25) is 0 Å². The Balaban J connectivity index is 2.07. The average Bonchev–Trinajstić information content (AvgIpc) is 2.49. The average molecular weight is 276 g/mol. The summed E-state index contributed by atoms with van der Waals surface area (Å²) in [5.41, 5.74) is 6.04. The maximum absolute atomic E-state index is 4.74. The number of nitrogens with one attached hydrogen (secondary N) is 1. The van der Waals surface area contributed by atoms with Crippen molar-refractivity contribution in [1.29, 1.82) is 0 Å². The number of hydrogen-bond acceptors (Lipinski definition) is 2. The van der Waals surface area contributed by atoms with E-state index in [1.165, 1.54) is 27.8 Å². The maximum atomic E-state index is 4.74. The molecule has 0 saturated heterocycles. The molecular weight excluding hydrogens is 256 g/mol. The van der Waals surface area contributed by atoms with Crippen molar-refractivity contribution >= 4 is 22.4 Å². The summed E-state index contributed by atoms with van der Waals surface area (Å²) in [6.07, 6.45) is 1.01. The van der Waals surface area contributed by atoms with Gasteiger partial charge in [-0.05, 0) is 49.1 Å². The van der Waals surface area contributed by atoms with Gasteiger partial charge in [0.1, 0.15) is 5.82 Å². The molecule has 0 radical (unpaired) electrons. The van der Waals surface area contributed by atoms with Gasteiger partial charge >= 0.3 is 0 Å². The van der Waals surface area contributed by atoms with Gasteiger partial charge in [0.2, 0.25) is 0 Å². The summed E-state index contributed by atoms with van der Waals surface area (Å²) in [6, 6.07) is 16.8. The van der Waals surface area contributed by atoms with Crippen LogP contribution in [0.25, 0.3) is 10.9 Å². The molecule has 0 aliphatic carbocycles. The van der Waals surface area contributed by atoms with Crippen LogP contribution in [-0.2, 0) is 6.42 Å². The number of para-hydroxylation sites is 2. The highest BCUT2D eigenvalue weighted by atomic mass is 15.0. The third-order valence-electron chi connectivity index (χ3n) is 3.92. The number of aromatic nitrogens is 1. The Kier molecular flexibility index (Phi) is 3.61. The topological polar surface area (TPSA) is 24.9 Å². The Morgan fingerprint density at radius 3 is 2.57 bits per heavy atom. The smallest absolute Gasteiger partial charge is 0.131 e. The van der Waals surface area contributed by atoms with Crippen molar-refractivity contribution in [3.8, 4) is 0 Å². The van der Waals surface area contributed by atoms with E-state index in [0.717, 1.165) is 17.8 Å². The number of aryl methyl sites for hydroxylation is 3. The highest BCUT2D eigenvalue weighted by molar-refractivity contribution is 5.84. The van der Waals surface area contributed by atoms with Crippen LogP contribution in [0, 0.1) is 13.8 Å². The Hall–Kier alpha value is -2.35. The predicted octanol–water partition coefficient (Wildman–Crippen LogP) is 5.16. The second-order valence-corrected chi connectivity index (χ2v) is 5.43. The molecule has 2 aromatic carbocycles. The van der Waals surface area contributed by atoms with Crippen molar-refractivity contribution < 1.29 is 0 Å². The number of benzene rings is 2. The minimum absolute atomic E-state index is 0.912. The van der Waals surface area contributed by atoms with E-state index in [1.807, 2.05) is 6.07 Å². The van der Waals surface area contributed by atoms with Gasteiger partial charge in [-0.25, -0.2) is 4.98 Å². The zero-order chi connectivity index (χ0) is 14.8. The molecule has 0 bridgehead atoms. The third kappa shape index (κ3) is 2.62. The van der Waals surface area contributed by atoms with Gasteiger partial charge in [0.05, 0.1) is 5.52 Å². The first-order valence-corrected chi connectivity index (χ1v) is 7.41. The Morgan fingerprint density at radius 1 is 0.952 bits per heavy atom. The number of nitrogens with zero attached hydrogens (tertiary/aromatic N) is 1. The van der Waals surface area contributed by atoms with Crippen molar-refractivity contribution in [3.63, 3.8) is 0 Å². The number of anilines is 2. The Morgan fingerprint density at radius 2 is 1.76 bits per heavy atom. The second kappa shape index (κ2) is 5.57. The fraction of sp³-hybridized carbons (Fsp3) is 0.211. The van der Waals surface area contributed by atoms with Crippen molar-refractivity contribution in [3.05, 3.63) is 65.2 Å². The van der Waals surface area contributed by atoms with Gasteiger partial charge in [0.15, 0.2) is 0 Å². The van der Waals surface area contributed by atoms with Crippen LogP contribution in [0.3, 0.4) is 0 Å². The third-order valence-corrected chi connectivity index (χ3v) is 3.92. The molecule has 3 rings (SSSR count). The van der Waals surface area contributed by atoms with Crippen LogP contribution in [0.5, 0.6) is 0 Å². The molecule has 106 valence electrons. The highest BCUT2D eigenvalue weighted by Crippen LogP contribution is 2.27. The molecule has 0 saturated carbocycles. The zero-order valence-electron chi connectivity index (χ0n) is 12.8. The molecule has 21 heavy (non-hydrogen) atoms. The monoisotopic (exact) mass is 276 g/mol. The summed E-state index contributed by atoms with van der Waals surface area (Å²) >= 11 is 0. The summed E-state index contributed by atoms with van der Waals surface area (Å²) in [4.78, 5) is 4.74. The van der Waals surface area contributed by atoms with Crippen LogP contribution in [0.1, 0.15) is 23.6 Å². The first-order valence-electron chi connectivity index (χ1n) is 7.41. The van der Waals surface area contributed by atoms with E-state index < -0.39 is 0 Å². The summed E-state index contributed by atoms with van der Waals surface area (Å²) in [7, 11) is 0. The van der Waals surface area contributed by atoms with E-state index in [1.54, 1.807) is 0 Å². The standard InChI is InChI=1S/C19H20N2/c1-4-15-9-7-8-13(2)19(15)21-18-12-14(3)16-10-5-6-11-17(16)20-18/h5-12H,4H2,1-3H3,(H,20,21). The normalized spacial score (nSPS) is 10.8. The van der Waals surface area contributed by atoms with E-state index in [2.05, 4.69) is 68.6 Å². The number of hydrogen-bond donors (Lipinski definition) is 1. The molecule has 1 aromatic heterocycles. The van der Waals surface area contributed by atoms with E-state index in [4.69, 9.17) is 4.98 Å².